The number of unbranched alkanes of at least 4 members (excludes halogenated alkanes) is 5. The number of nitrogens with one attached hydrogen (secondary N) is 2. The minimum atomic E-state index is -3.91. The van der Waals surface area contributed by atoms with Gasteiger partial charge in [0.1, 0.15) is 5.75 Å². The van der Waals surface area contributed by atoms with Crippen molar-refractivity contribution in [3.63, 3.8) is 0 Å². The summed E-state index contributed by atoms with van der Waals surface area (Å²) < 4.78 is 33.0. The van der Waals surface area contributed by atoms with E-state index in [1.54, 1.807) is 30.3 Å². The predicted octanol–water partition coefficient (Wildman–Crippen LogP) is 6.36. The molecule has 4 rings (SSSR count). The lowest BCUT2D eigenvalue weighted by Gasteiger charge is -2.15. The SMILES string of the molecule is CCCCCCCCOc1ccc(-c2ccc(C(=O)Nc3cccc(N4C=C(O)NS4(=O)=O)c3)cc2)cc1. The first-order chi connectivity index (χ1) is 18.4. The monoisotopic (exact) mass is 535 g/mol. The van der Waals surface area contributed by atoms with Gasteiger partial charge in [-0.3, -0.25) is 4.79 Å². The fourth-order valence-corrected chi connectivity index (χ4v) is 5.20. The van der Waals surface area contributed by atoms with E-state index in [9.17, 15) is 18.3 Å². The average molecular weight is 536 g/mol. The number of hydrogen-bond acceptors (Lipinski definition) is 5. The van der Waals surface area contributed by atoms with Crippen molar-refractivity contribution in [2.75, 3.05) is 16.2 Å². The minimum absolute atomic E-state index is 0.272. The Morgan fingerprint density at radius 1 is 0.921 bits per heavy atom. The summed E-state index contributed by atoms with van der Waals surface area (Å²) in [6.07, 6.45) is 8.44. The van der Waals surface area contributed by atoms with E-state index >= 15 is 0 Å². The molecule has 0 spiro atoms. The maximum Gasteiger partial charge on any atom is 0.330 e. The van der Waals surface area contributed by atoms with Crippen LogP contribution in [-0.2, 0) is 10.2 Å². The van der Waals surface area contributed by atoms with E-state index in [4.69, 9.17) is 4.74 Å². The molecule has 1 amide bonds. The minimum Gasteiger partial charge on any atom is -0.494 e. The third-order valence-corrected chi connectivity index (χ3v) is 7.49. The summed E-state index contributed by atoms with van der Waals surface area (Å²) in [6, 6.07) is 21.5. The highest BCUT2D eigenvalue weighted by Gasteiger charge is 2.28. The Labute approximate surface area is 224 Å². The summed E-state index contributed by atoms with van der Waals surface area (Å²) >= 11 is 0. The van der Waals surface area contributed by atoms with Crippen LogP contribution in [0.15, 0.2) is 84.9 Å². The number of carbonyl (C=O) groups is 1. The number of aliphatic hydroxyl groups excluding tert-OH is 1. The fourth-order valence-electron chi connectivity index (χ4n) is 4.16. The van der Waals surface area contributed by atoms with Gasteiger partial charge in [0.05, 0.1) is 18.5 Å². The Hall–Kier alpha value is -3.98. The summed E-state index contributed by atoms with van der Waals surface area (Å²) in [4.78, 5) is 12.8. The standard InChI is InChI=1S/C29H33N3O5S/c1-2-3-4-5-6-7-19-37-27-17-15-23(16-18-27)22-11-13-24(14-12-22)29(34)30-25-9-8-10-26(20-25)32-21-28(33)31-38(32,35)36/h8-18,20-21,31,33H,2-7,19H2,1H3,(H,30,34). The Morgan fingerprint density at radius 2 is 1.58 bits per heavy atom. The molecule has 0 radical (unpaired) electrons. The van der Waals surface area contributed by atoms with E-state index in [0.29, 0.717) is 11.3 Å². The molecule has 200 valence electrons. The molecule has 0 fully saturated rings. The van der Waals surface area contributed by atoms with Gasteiger partial charge >= 0.3 is 10.2 Å². The second-order valence-electron chi connectivity index (χ2n) is 9.14. The molecule has 1 aliphatic rings. The van der Waals surface area contributed by atoms with Crippen molar-refractivity contribution in [3.8, 4) is 16.9 Å². The van der Waals surface area contributed by atoms with Crippen LogP contribution in [-0.4, -0.2) is 26.0 Å². The number of carbonyl (C=O) groups excluding carboxylic acids is 1. The molecule has 0 unspecified atom stereocenters. The first kappa shape index (κ1) is 27.1. The van der Waals surface area contributed by atoms with Crippen LogP contribution in [0.5, 0.6) is 5.75 Å². The van der Waals surface area contributed by atoms with Gasteiger partial charge in [-0.1, -0.05) is 69.4 Å². The maximum atomic E-state index is 12.8. The molecular weight excluding hydrogens is 502 g/mol. The number of anilines is 2. The molecule has 8 nitrogen and oxygen atoms in total. The number of ether oxygens (including phenoxy) is 1. The van der Waals surface area contributed by atoms with Crippen LogP contribution in [0, 0.1) is 0 Å². The highest BCUT2D eigenvalue weighted by Crippen LogP contribution is 2.26. The van der Waals surface area contributed by atoms with Crippen LogP contribution in [0.1, 0.15) is 55.8 Å². The second-order valence-corrected chi connectivity index (χ2v) is 10.7. The summed E-state index contributed by atoms with van der Waals surface area (Å²) in [6.45, 7) is 2.94. The first-order valence-electron chi connectivity index (χ1n) is 12.8. The topological polar surface area (TPSA) is 108 Å². The molecule has 38 heavy (non-hydrogen) atoms. The highest BCUT2D eigenvalue weighted by molar-refractivity contribution is 7.91. The van der Waals surface area contributed by atoms with Gasteiger partial charge in [0, 0.05) is 11.3 Å². The first-order valence-corrected chi connectivity index (χ1v) is 14.3. The number of amides is 1. The predicted molar refractivity (Wildman–Crippen MR) is 150 cm³/mol. The highest BCUT2D eigenvalue weighted by atomic mass is 32.2. The van der Waals surface area contributed by atoms with Gasteiger partial charge in [0.2, 0.25) is 5.88 Å². The van der Waals surface area contributed by atoms with Gasteiger partial charge < -0.3 is 15.2 Å². The van der Waals surface area contributed by atoms with Crippen LogP contribution in [0.2, 0.25) is 0 Å². The van der Waals surface area contributed by atoms with E-state index in [-0.39, 0.29) is 11.6 Å². The largest absolute Gasteiger partial charge is 0.494 e. The lowest BCUT2D eigenvalue weighted by molar-refractivity contribution is 0.102. The molecule has 0 aliphatic carbocycles. The molecule has 0 bridgehead atoms. The van der Waals surface area contributed by atoms with E-state index < -0.39 is 16.1 Å². The molecule has 9 heteroatoms. The zero-order chi connectivity index (χ0) is 27.0. The van der Waals surface area contributed by atoms with Crippen LogP contribution in [0.3, 0.4) is 0 Å². The summed E-state index contributed by atoms with van der Waals surface area (Å²) in [5.74, 6) is 0.0477. The van der Waals surface area contributed by atoms with Crippen molar-refractivity contribution in [2.24, 2.45) is 0 Å². The van der Waals surface area contributed by atoms with Crippen LogP contribution in [0.25, 0.3) is 11.1 Å². The van der Waals surface area contributed by atoms with Gasteiger partial charge in [-0.2, -0.15) is 8.42 Å². The van der Waals surface area contributed by atoms with Crippen molar-refractivity contribution in [3.05, 3.63) is 90.4 Å². The molecule has 0 saturated carbocycles. The molecule has 0 saturated heterocycles. The van der Waals surface area contributed by atoms with Gasteiger partial charge in [0.25, 0.3) is 5.91 Å². The number of benzene rings is 3. The summed E-state index contributed by atoms with van der Waals surface area (Å²) in [5.41, 5.74) is 3.15. The van der Waals surface area contributed by atoms with Crippen molar-refractivity contribution < 1.29 is 23.1 Å². The molecule has 3 N–H and O–H groups in total. The van der Waals surface area contributed by atoms with Crippen LogP contribution >= 0.6 is 0 Å². The number of aliphatic hydroxyl groups is 1. The molecule has 1 heterocycles. The second kappa shape index (κ2) is 12.5. The summed E-state index contributed by atoms with van der Waals surface area (Å²) in [5, 5.41) is 12.3. The molecule has 0 aromatic heterocycles. The molecular formula is C29H33N3O5S. The van der Waals surface area contributed by atoms with Gasteiger partial charge in [0.15, 0.2) is 0 Å². The van der Waals surface area contributed by atoms with Gasteiger partial charge in [-0.15, -0.1) is 0 Å². The van der Waals surface area contributed by atoms with E-state index in [1.807, 2.05) is 41.1 Å². The summed E-state index contributed by atoms with van der Waals surface area (Å²) in [7, 11) is -3.91. The molecule has 3 aromatic rings. The van der Waals surface area contributed by atoms with Gasteiger partial charge in [-0.25, -0.2) is 9.03 Å². The number of rotatable bonds is 12. The van der Waals surface area contributed by atoms with E-state index in [2.05, 4.69) is 12.2 Å². The van der Waals surface area contributed by atoms with E-state index in [1.165, 1.54) is 38.2 Å². The third-order valence-electron chi connectivity index (χ3n) is 6.19. The Morgan fingerprint density at radius 3 is 2.24 bits per heavy atom. The Bertz CT molecular complexity index is 1370. The maximum absolute atomic E-state index is 12.8. The zero-order valence-electron chi connectivity index (χ0n) is 21.4. The lowest BCUT2D eigenvalue weighted by Crippen LogP contribution is -2.29. The number of nitrogens with zero attached hydrogens (tertiary/aromatic N) is 1. The normalized spacial score (nSPS) is 14.0. The molecule has 3 aromatic carbocycles. The van der Waals surface area contributed by atoms with Crippen LogP contribution in [0.4, 0.5) is 11.4 Å². The smallest absolute Gasteiger partial charge is 0.330 e. The Kier molecular flexibility index (Phi) is 8.91. The Balaban J connectivity index is 1.32. The van der Waals surface area contributed by atoms with E-state index in [0.717, 1.165) is 40.4 Å². The van der Waals surface area contributed by atoms with Crippen molar-refractivity contribution >= 4 is 27.5 Å². The van der Waals surface area contributed by atoms with Gasteiger partial charge in [-0.05, 0) is 60.0 Å². The lowest BCUT2D eigenvalue weighted by atomic mass is 10.0. The third kappa shape index (κ3) is 7.07. The van der Waals surface area contributed by atoms with Crippen molar-refractivity contribution in [1.29, 1.82) is 0 Å². The molecule has 0 atom stereocenters. The number of hydrogen-bond donors (Lipinski definition) is 3. The van der Waals surface area contributed by atoms with Crippen molar-refractivity contribution in [1.82, 2.24) is 4.72 Å². The van der Waals surface area contributed by atoms with Crippen molar-refractivity contribution in [2.45, 2.75) is 45.4 Å². The fraction of sp³-hybridized carbons (Fsp3) is 0.276. The quantitative estimate of drug-likeness (QED) is 0.234. The van der Waals surface area contributed by atoms with Crippen LogP contribution < -0.4 is 19.1 Å². The molecule has 1 aliphatic heterocycles. The average Bonchev–Trinajstić information content (AvgIpc) is 3.20. The zero-order valence-corrected chi connectivity index (χ0v) is 22.2.